The zero-order valence-electron chi connectivity index (χ0n) is 11.5. The molecule has 0 radical (unpaired) electrons. The first-order chi connectivity index (χ1) is 8.79. The van der Waals surface area contributed by atoms with Crippen molar-refractivity contribution in [3.05, 3.63) is 11.3 Å². The molecular weight excluding hydrogens is 226 g/mol. The van der Waals surface area contributed by atoms with Gasteiger partial charge < -0.3 is 4.74 Å². The van der Waals surface area contributed by atoms with Gasteiger partial charge in [0.25, 0.3) is 0 Å². The lowest BCUT2D eigenvalue weighted by atomic mass is 10.0. The lowest BCUT2D eigenvalue weighted by molar-refractivity contribution is 0.184. The summed E-state index contributed by atoms with van der Waals surface area (Å²) in [6.45, 7) is 7.13. The second-order valence-corrected chi connectivity index (χ2v) is 5.05. The van der Waals surface area contributed by atoms with Crippen molar-refractivity contribution in [1.82, 2.24) is 15.3 Å². The van der Waals surface area contributed by atoms with Gasteiger partial charge in [-0.2, -0.15) is 0 Å². The molecule has 2 aliphatic heterocycles. The molecule has 0 amide bonds. The number of hydrogen-bond donors (Lipinski definition) is 2. The second kappa shape index (κ2) is 6.62. The maximum Gasteiger partial charge on any atom is 0.443 e. The number of ether oxygens (including phenoxy) is 1. The second-order valence-electron chi connectivity index (χ2n) is 5.05. The normalized spacial score (nSPS) is 23.0. The summed E-state index contributed by atoms with van der Waals surface area (Å²) < 4.78 is 9.74. The Bertz CT molecular complexity index is 375. The van der Waals surface area contributed by atoms with Crippen LogP contribution < -0.4 is 15.3 Å². The summed E-state index contributed by atoms with van der Waals surface area (Å²) in [4.78, 5) is 0. The van der Waals surface area contributed by atoms with Crippen molar-refractivity contribution in [2.75, 3.05) is 19.8 Å². The van der Waals surface area contributed by atoms with E-state index in [-0.39, 0.29) is 0 Å². The molecule has 1 fully saturated rings. The van der Waals surface area contributed by atoms with Gasteiger partial charge in [-0.05, 0) is 38.5 Å². The van der Waals surface area contributed by atoms with Gasteiger partial charge in [0.2, 0.25) is 0 Å². The van der Waals surface area contributed by atoms with Crippen molar-refractivity contribution in [2.24, 2.45) is 5.92 Å². The molecule has 100 valence electrons. The first-order valence-corrected chi connectivity index (χ1v) is 6.99. The van der Waals surface area contributed by atoms with Gasteiger partial charge in [0, 0.05) is 18.8 Å². The Balaban J connectivity index is 1.67. The van der Waals surface area contributed by atoms with Crippen LogP contribution in [0.2, 0.25) is 0 Å². The van der Waals surface area contributed by atoms with Crippen LogP contribution in [0.1, 0.15) is 39.5 Å². The third-order valence-corrected chi connectivity index (χ3v) is 3.59. The van der Waals surface area contributed by atoms with E-state index < -0.39 is 0 Å². The summed E-state index contributed by atoms with van der Waals surface area (Å²) in [6, 6.07) is 0. The highest BCUT2D eigenvalue weighted by Crippen LogP contribution is 2.17. The van der Waals surface area contributed by atoms with Crippen molar-refractivity contribution in [3.8, 4) is 0 Å². The Kier molecular flexibility index (Phi) is 4.85. The molecule has 0 saturated carbocycles. The molecule has 0 aromatic carbocycles. The molecular formula is C14H24N3O+. The summed E-state index contributed by atoms with van der Waals surface area (Å²) in [5.74, 6) is 1.66. The minimum atomic E-state index is 0.771. The van der Waals surface area contributed by atoms with Crippen molar-refractivity contribution >= 4 is 12.2 Å². The van der Waals surface area contributed by atoms with Gasteiger partial charge in [-0.3, -0.25) is 5.32 Å². The number of hydrogen-bond acceptors (Lipinski definition) is 3. The summed E-state index contributed by atoms with van der Waals surface area (Å²) >= 11 is 0. The molecule has 1 unspecified atom stereocenters. The maximum absolute atomic E-state index is 5.38. The van der Waals surface area contributed by atoms with E-state index in [1.54, 1.807) is 0 Å². The minimum Gasteiger partial charge on any atom is -0.381 e. The lowest BCUT2D eigenvalue weighted by Gasteiger charge is -2.09. The summed E-state index contributed by atoms with van der Waals surface area (Å²) in [6.07, 6.45) is 6.61. The molecule has 2 N–H and O–H groups in total. The topological polar surface area (TPSA) is 47.4 Å². The van der Waals surface area contributed by atoms with E-state index >= 15 is 0 Å². The average molecular weight is 250 g/mol. The van der Waals surface area contributed by atoms with Crippen molar-refractivity contribution < 1.29 is 4.74 Å². The Hall–Kier alpha value is -1.25. The Morgan fingerprint density at radius 3 is 3.17 bits per heavy atom. The monoisotopic (exact) mass is 250 g/mol. The van der Waals surface area contributed by atoms with Gasteiger partial charge in [0.05, 0.1) is 12.2 Å². The molecule has 2 heterocycles. The molecule has 1 saturated heterocycles. The average Bonchev–Trinajstić information content (AvgIpc) is 2.89. The smallest absolute Gasteiger partial charge is 0.381 e. The van der Waals surface area contributed by atoms with Crippen LogP contribution in [0.25, 0.3) is 0 Å². The number of rotatable bonds is 5. The van der Waals surface area contributed by atoms with Crippen LogP contribution in [0, 0.1) is 5.92 Å². The Morgan fingerprint density at radius 1 is 1.56 bits per heavy atom. The van der Waals surface area contributed by atoms with E-state index in [1.165, 1.54) is 30.5 Å². The lowest BCUT2D eigenvalue weighted by Crippen LogP contribution is -2.41. The number of nitrogens with zero attached hydrogens (tertiary/aromatic N) is 1. The number of nitrogens with one attached hydrogen (secondary N) is 2. The summed E-state index contributed by atoms with van der Waals surface area (Å²) in [7, 11) is 0. The van der Waals surface area contributed by atoms with Crippen LogP contribution >= 0.6 is 0 Å². The first-order valence-electron chi connectivity index (χ1n) is 6.99. The van der Waals surface area contributed by atoms with Crippen molar-refractivity contribution in [3.63, 3.8) is 0 Å². The SMILES string of the molecule is CCC1=C(C)C=[N+]=C(NCCCC2CCOC2)N1. The number of guanidine groups is 1. The number of allylic oxidation sites excluding steroid dienone is 2. The van der Waals surface area contributed by atoms with Gasteiger partial charge in [-0.1, -0.05) is 6.92 Å². The largest absolute Gasteiger partial charge is 0.443 e. The fraction of sp³-hybridized carbons (Fsp3) is 0.714. The Morgan fingerprint density at radius 2 is 2.44 bits per heavy atom. The van der Waals surface area contributed by atoms with Gasteiger partial charge in [0.1, 0.15) is 0 Å². The maximum atomic E-state index is 5.38. The summed E-state index contributed by atoms with van der Waals surface area (Å²) in [5.41, 5.74) is 2.49. The predicted molar refractivity (Wildman–Crippen MR) is 75.5 cm³/mol. The van der Waals surface area contributed by atoms with Gasteiger partial charge >= 0.3 is 5.96 Å². The Labute approximate surface area is 109 Å². The van der Waals surface area contributed by atoms with E-state index in [4.69, 9.17) is 4.74 Å². The zero-order valence-corrected chi connectivity index (χ0v) is 11.5. The highest BCUT2D eigenvalue weighted by atomic mass is 16.5. The third-order valence-electron chi connectivity index (χ3n) is 3.59. The van der Waals surface area contributed by atoms with E-state index in [9.17, 15) is 0 Å². The zero-order chi connectivity index (χ0) is 12.8. The molecule has 0 aromatic rings. The molecule has 0 aliphatic carbocycles. The molecule has 1 atom stereocenters. The van der Waals surface area contributed by atoms with Crippen LogP contribution in [0.3, 0.4) is 0 Å². The molecule has 0 spiro atoms. The van der Waals surface area contributed by atoms with Crippen molar-refractivity contribution in [1.29, 1.82) is 0 Å². The van der Waals surface area contributed by atoms with Crippen LogP contribution in [-0.4, -0.2) is 31.9 Å². The first kappa shape index (κ1) is 13.2. The molecule has 2 rings (SSSR count). The third kappa shape index (κ3) is 3.62. The summed E-state index contributed by atoms with van der Waals surface area (Å²) in [5, 5.41) is 6.71. The van der Waals surface area contributed by atoms with E-state index in [2.05, 4.69) is 29.1 Å². The highest BCUT2D eigenvalue weighted by molar-refractivity contribution is 5.91. The van der Waals surface area contributed by atoms with Crippen LogP contribution in [0.5, 0.6) is 0 Å². The molecule has 18 heavy (non-hydrogen) atoms. The molecule has 2 aliphatic rings. The van der Waals surface area contributed by atoms with Gasteiger partial charge in [0.15, 0.2) is 6.21 Å². The van der Waals surface area contributed by atoms with Gasteiger partial charge in [-0.25, -0.2) is 9.98 Å². The predicted octanol–water partition coefficient (Wildman–Crippen LogP) is 1.17. The molecule has 0 bridgehead atoms. The van der Waals surface area contributed by atoms with Crippen LogP contribution in [0.4, 0.5) is 0 Å². The van der Waals surface area contributed by atoms with E-state index in [0.717, 1.165) is 38.1 Å². The van der Waals surface area contributed by atoms with E-state index in [0.29, 0.717) is 0 Å². The minimum absolute atomic E-state index is 0.771. The van der Waals surface area contributed by atoms with Gasteiger partial charge in [-0.15, -0.1) is 0 Å². The fourth-order valence-corrected chi connectivity index (χ4v) is 2.38. The molecule has 4 nitrogen and oxygen atoms in total. The standard InChI is InChI=1S/C14H23N3O/c1-3-13-11(2)9-16-14(17-13)15-7-4-5-12-6-8-18-10-12/h9,12H,3-8,10H2,1-2H3,(H,15,16,17)/p+1. The quantitative estimate of drug-likeness (QED) is 0.569. The highest BCUT2D eigenvalue weighted by Gasteiger charge is 2.17. The molecule has 0 aromatic heterocycles. The van der Waals surface area contributed by atoms with Crippen molar-refractivity contribution in [2.45, 2.75) is 39.5 Å². The van der Waals surface area contributed by atoms with Crippen LogP contribution in [-0.2, 0) is 4.74 Å². The van der Waals surface area contributed by atoms with Crippen LogP contribution in [0.15, 0.2) is 11.3 Å². The molecule has 4 heteroatoms. The fourth-order valence-electron chi connectivity index (χ4n) is 2.38. The van der Waals surface area contributed by atoms with E-state index in [1.807, 2.05) is 6.21 Å².